The zero-order chi connectivity index (χ0) is 3.41. The summed E-state index contributed by atoms with van der Waals surface area (Å²) in [5.41, 5.74) is 0. The molecule has 0 fully saturated rings. The first-order chi connectivity index (χ1) is 1.91. The van der Waals surface area contributed by atoms with E-state index in [9.17, 15) is 0 Å². The molecule has 0 nitrogen and oxygen atoms in total. The van der Waals surface area contributed by atoms with Crippen molar-refractivity contribution in [1.29, 1.82) is 0 Å². The van der Waals surface area contributed by atoms with Crippen LogP contribution in [0, 0.1) is 14.4 Å². The van der Waals surface area contributed by atoms with Gasteiger partial charge in [-0.3, -0.25) is 0 Å². The largest absolute Gasteiger partial charge is 2.00 e. The summed E-state index contributed by atoms with van der Waals surface area (Å²) in [6.45, 7) is 5.72. The Morgan fingerprint density at radius 2 is 1.57 bits per heavy atom. The second-order valence-corrected chi connectivity index (χ2v) is 0.854. The fraction of sp³-hybridized carbons (Fsp3) is 0.600. The third kappa shape index (κ3) is 41.8. The number of hydrogen-bond acceptors (Lipinski definition) is 0. The van der Waals surface area contributed by atoms with Crippen molar-refractivity contribution in [3.05, 3.63) is 14.4 Å². The normalized spacial score (nSPS) is 4.29. The average molecular weight is 218 g/mol. The van der Waals surface area contributed by atoms with Crippen LogP contribution in [0.25, 0.3) is 0 Å². The maximum atomic E-state index is 3.60. The minimum Gasteiger partial charge on any atom is -0.358 e. The summed E-state index contributed by atoms with van der Waals surface area (Å²) in [6, 6.07) is 0. The van der Waals surface area contributed by atoms with Crippen LogP contribution < -0.4 is 0 Å². The SMILES string of the molecule is Br.[CH2-]CCC.[CH3-].[Zn+2]. The van der Waals surface area contributed by atoms with Crippen LogP contribution in [0.4, 0.5) is 0 Å². The van der Waals surface area contributed by atoms with Gasteiger partial charge in [0.1, 0.15) is 0 Å². The number of rotatable bonds is 1. The van der Waals surface area contributed by atoms with E-state index >= 15 is 0 Å². The summed E-state index contributed by atoms with van der Waals surface area (Å²) < 4.78 is 0. The molecule has 0 unspecified atom stereocenters. The third-order valence-electron chi connectivity index (χ3n) is 0.354. The first-order valence-electron chi connectivity index (χ1n) is 1.71. The minimum absolute atomic E-state index is 0. The van der Waals surface area contributed by atoms with Gasteiger partial charge in [-0.25, -0.2) is 0 Å². The van der Waals surface area contributed by atoms with Crippen molar-refractivity contribution in [2.24, 2.45) is 0 Å². The first-order valence-corrected chi connectivity index (χ1v) is 1.71. The molecule has 2 heteroatoms. The van der Waals surface area contributed by atoms with Gasteiger partial charge in [-0.2, -0.15) is 6.42 Å². The molecule has 0 aliphatic heterocycles. The first kappa shape index (κ1) is 24.3. The molecule has 0 aromatic rings. The Balaban J connectivity index is -0.0000000150. The van der Waals surface area contributed by atoms with Gasteiger partial charge >= 0.3 is 19.5 Å². The summed E-state index contributed by atoms with van der Waals surface area (Å²) in [7, 11) is 0. The van der Waals surface area contributed by atoms with Crippen LogP contribution >= 0.6 is 17.0 Å². The zero-order valence-corrected chi connectivity index (χ0v) is 9.92. The summed E-state index contributed by atoms with van der Waals surface area (Å²) >= 11 is 0. The fourth-order valence-electron chi connectivity index (χ4n) is 0. The van der Waals surface area contributed by atoms with Crippen LogP contribution in [0.3, 0.4) is 0 Å². The number of unbranched alkanes of at least 4 members (excludes halogenated alkanes) is 1. The molecular weight excluding hydrogens is 205 g/mol. The van der Waals surface area contributed by atoms with Crippen LogP contribution in [-0.4, -0.2) is 0 Å². The van der Waals surface area contributed by atoms with Gasteiger partial charge in [-0.15, -0.1) is 17.0 Å². The van der Waals surface area contributed by atoms with E-state index < -0.39 is 0 Å². The Morgan fingerprint density at radius 1 is 1.43 bits per heavy atom. The Labute approximate surface area is 70.6 Å². The van der Waals surface area contributed by atoms with Gasteiger partial charge < -0.3 is 14.4 Å². The monoisotopic (exact) mass is 216 g/mol. The molecule has 0 saturated carbocycles. The number of hydrogen-bond donors (Lipinski definition) is 0. The van der Waals surface area contributed by atoms with Gasteiger partial charge in [0.05, 0.1) is 0 Å². The standard InChI is InChI=1S/C4H9.CH3.BrH.Zn/c1-3-4-2;;;/h1,3-4H2,2H3;1H3;1H;/q2*-1;;+2. The maximum Gasteiger partial charge on any atom is 2.00 e. The molecule has 0 aromatic heterocycles. The predicted molar refractivity (Wildman–Crippen MR) is 37.0 cm³/mol. The topological polar surface area (TPSA) is 0 Å². The van der Waals surface area contributed by atoms with Crippen molar-refractivity contribution < 1.29 is 19.5 Å². The summed E-state index contributed by atoms with van der Waals surface area (Å²) in [4.78, 5) is 0. The van der Waals surface area contributed by atoms with Crippen molar-refractivity contribution in [3.8, 4) is 0 Å². The van der Waals surface area contributed by atoms with Crippen molar-refractivity contribution in [1.82, 2.24) is 0 Å². The molecule has 0 radical (unpaired) electrons. The van der Waals surface area contributed by atoms with Crippen LogP contribution in [-0.2, 0) is 19.5 Å². The van der Waals surface area contributed by atoms with E-state index in [2.05, 4.69) is 13.8 Å². The van der Waals surface area contributed by atoms with E-state index in [0.29, 0.717) is 0 Å². The quantitative estimate of drug-likeness (QED) is 0.469. The number of halogens is 1. The average Bonchev–Trinajstić information content (AvgIpc) is 1.37. The van der Waals surface area contributed by atoms with E-state index in [1.54, 1.807) is 0 Å². The molecule has 0 aliphatic carbocycles. The molecule has 0 rings (SSSR count). The van der Waals surface area contributed by atoms with Gasteiger partial charge in [0.25, 0.3) is 0 Å². The van der Waals surface area contributed by atoms with E-state index in [1.165, 1.54) is 6.42 Å². The van der Waals surface area contributed by atoms with Gasteiger partial charge in [-0.05, 0) is 0 Å². The van der Waals surface area contributed by atoms with Gasteiger partial charge in [0.15, 0.2) is 0 Å². The van der Waals surface area contributed by atoms with Crippen molar-refractivity contribution in [2.75, 3.05) is 0 Å². The van der Waals surface area contributed by atoms with Gasteiger partial charge in [0, 0.05) is 0 Å². The van der Waals surface area contributed by atoms with Crippen LogP contribution in [0.2, 0.25) is 0 Å². The third-order valence-corrected chi connectivity index (χ3v) is 0.354. The van der Waals surface area contributed by atoms with Crippen LogP contribution in [0.15, 0.2) is 0 Å². The molecule has 0 heterocycles. The molecule has 0 amide bonds. The molecular formula is C5H13BrZn. The summed E-state index contributed by atoms with van der Waals surface area (Å²) in [5, 5.41) is 0. The zero-order valence-electron chi connectivity index (χ0n) is 5.24. The summed E-state index contributed by atoms with van der Waals surface area (Å²) in [6.07, 6.45) is 2.28. The fourth-order valence-corrected chi connectivity index (χ4v) is 0. The van der Waals surface area contributed by atoms with Crippen LogP contribution in [0.5, 0.6) is 0 Å². The molecule has 42 valence electrons. The van der Waals surface area contributed by atoms with Crippen LogP contribution in [0.1, 0.15) is 19.8 Å². The Bertz CT molecular complexity index is 10.0. The Kier molecular flexibility index (Phi) is 95.3. The Hall–Kier alpha value is 1.10. The Morgan fingerprint density at radius 3 is 1.57 bits per heavy atom. The predicted octanol–water partition coefficient (Wildman–Crippen LogP) is 2.65. The van der Waals surface area contributed by atoms with Gasteiger partial charge in [0.2, 0.25) is 0 Å². The van der Waals surface area contributed by atoms with Crippen molar-refractivity contribution >= 4 is 17.0 Å². The van der Waals surface area contributed by atoms with Crippen molar-refractivity contribution in [3.63, 3.8) is 0 Å². The molecule has 7 heavy (non-hydrogen) atoms. The smallest absolute Gasteiger partial charge is 0.358 e. The van der Waals surface area contributed by atoms with E-state index in [-0.39, 0.29) is 43.9 Å². The van der Waals surface area contributed by atoms with Gasteiger partial charge in [-0.1, -0.05) is 13.3 Å². The molecule has 0 atom stereocenters. The van der Waals surface area contributed by atoms with E-state index in [1.807, 2.05) is 0 Å². The molecule has 0 spiro atoms. The maximum absolute atomic E-state index is 3.60. The van der Waals surface area contributed by atoms with E-state index in [4.69, 9.17) is 0 Å². The van der Waals surface area contributed by atoms with E-state index in [0.717, 1.165) is 6.42 Å². The summed E-state index contributed by atoms with van der Waals surface area (Å²) in [5.74, 6) is 0. The molecule has 0 N–H and O–H groups in total. The minimum atomic E-state index is 0. The second kappa shape index (κ2) is 27.5. The molecule has 0 aromatic carbocycles. The molecule has 0 bridgehead atoms. The molecule has 0 saturated heterocycles. The molecule has 0 aliphatic rings. The van der Waals surface area contributed by atoms with Crippen molar-refractivity contribution in [2.45, 2.75) is 19.8 Å². The second-order valence-electron chi connectivity index (χ2n) is 0.854.